The maximum absolute atomic E-state index is 13.1. The van der Waals surface area contributed by atoms with Crippen LogP contribution in [0.2, 0.25) is 0 Å². The summed E-state index contributed by atoms with van der Waals surface area (Å²) in [5.41, 5.74) is 1.85. The van der Waals surface area contributed by atoms with Gasteiger partial charge in [-0.25, -0.2) is 4.67 Å². The fraction of sp³-hybridized carbons (Fsp3) is 0.200. The first-order valence-electron chi connectivity index (χ1n) is 8.08. The first-order valence-corrected chi connectivity index (χ1v) is 9.66. The van der Waals surface area contributed by atoms with Crippen LogP contribution in [0.1, 0.15) is 18.6 Å². The van der Waals surface area contributed by atoms with Crippen LogP contribution in [0.25, 0.3) is 0 Å². The van der Waals surface area contributed by atoms with E-state index in [1.807, 2.05) is 99.8 Å². The molecule has 0 N–H and O–H groups in total. The van der Waals surface area contributed by atoms with Gasteiger partial charge in [-0.15, -0.1) is 0 Å². The molecule has 5 heteroatoms. The van der Waals surface area contributed by atoms with Crippen LogP contribution < -0.4 is 0 Å². The third kappa shape index (κ3) is 4.79. The van der Waals surface area contributed by atoms with E-state index in [1.165, 1.54) is 0 Å². The standard InChI is InChI=1S/C15H17NO2P.C5H5.Fe/c1-12-15(13-8-4-3-5-9-13)18-19(17,16(12)2)14-10-6-7-11-14;1-2-4-5-3-1;/h3-12,15H,1-2H3;1-5H;/q;;+2/t12-,15-,19+;;/m0../s1. The normalized spacial score (nSPS) is 32.9. The molecule has 1 aromatic carbocycles. The summed E-state index contributed by atoms with van der Waals surface area (Å²) in [5.74, 6) is 0. The molecular formula is C20H22FeNO2P+2. The minimum Gasteiger partial charge on any atom is -0.307 e. The fourth-order valence-corrected chi connectivity index (χ4v) is 5.24. The van der Waals surface area contributed by atoms with E-state index < -0.39 is 7.52 Å². The summed E-state index contributed by atoms with van der Waals surface area (Å²) < 4.78 is 21.0. The van der Waals surface area contributed by atoms with Gasteiger partial charge in [-0.05, 0) is 77.3 Å². The number of rotatable bonds is 2. The van der Waals surface area contributed by atoms with Crippen molar-refractivity contribution in [3.05, 3.63) is 99.3 Å². The van der Waals surface area contributed by atoms with Crippen LogP contribution >= 0.6 is 7.52 Å². The van der Waals surface area contributed by atoms with Gasteiger partial charge >= 0.3 is 17.1 Å². The van der Waals surface area contributed by atoms with Crippen molar-refractivity contribution in [2.24, 2.45) is 0 Å². The van der Waals surface area contributed by atoms with Gasteiger partial charge in [0.25, 0.3) is 7.52 Å². The first kappa shape index (κ1) is 21.2. The number of nitrogens with zero attached hydrogens (tertiary/aromatic N) is 1. The van der Waals surface area contributed by atoms with Crippen LogP contribution in [-0.4, -0.2) is 17.8 Å². The molecule has 0 unspecified atom stereocenters. The van der Waals surface area contributed by atoms with Crippen molar-refractivity contribution in [2.75, 3.05) is 7.05 Å². The van der Waals surface area contributed by atoms with Gasteiger partial charge in [0.15, 0.2) is 0 Å². The Balaban J connectivity index is 0.000000325. The molecule has 130 valence electrons. The van der Waals surface area contributed by atoms with E-state index in [0.717, 1.165) is 11.2 Å². The summed E-state index contributed by atoms with van der Waals surface area (Å²) in [7, 11) is -1.03. The minimum atomic E-state index is -2.91. The van der Waals surface area contributed by atoms with E-state index in [1.54, 1.807) is 0 Å². The van der Waals surface area contributed by atoms with E-state index in [4.69, 9.17) is 4.52 Å². The molecule has 1 aromatic rings. The molecule has 0 aromatic heterocycles. The van der Waals surface area contributed by atoms with E-state index in [0.29, 0.717) is 0 Å². The smallest absolute Gasteiger partial charge is 0.307 e. The van der Waals surface area contributed by atoms with E-state index in [9.17, 15) is 4.57 Å². The third-order valence-corrected chi connectivity index (χ3v) is 7.01. The maximum Gasteiger partial charge on any atom is 2.00 e. The molecule has 3 nitrogen and oxygen atoms in total. The van der Waals surface area contributed by atoms with Gasteiger partial charge in [-0.1, -0.05) is 30.3 Å². The molecule has 2 aliphatic carbocycles. The molecule has 3 atom stereocenters. The van der Waals surface area contributed by atoms with Gasteiger partial charge in [0, 0.05) is 6.04 Å². The molecule has 0 spiro atoms. The monoisotopic (exact) mass is 395 g/mol. The van der Waals surface area contributed by atoms with E-state index in [2.05, 4.69) is 6.92 Å². The quantitative estimate of drug-likeness (QED) is 0.539. The van der Waals surface area contributed by atoms with Crippen LogP contribution in [0.3, 0.4) is 0 Å². The van der Waals surface area contributed by atoms with Crippen molar-refractivity contribution in [3.63, 3.8) is 0 Å². The molecule has 1 heterocycles. The Morgan fingerprint density at radius 1 is 0.920 bits per heavy atom. The Labute approximate surface area is 163 Å². The van der Waals surface area contributed by atoms with Crippen molar-refractivity contribution in [1.29, 1.82) is 0 Å². The summed E-state index contributed by atoms with van der Waals surface area (Å²) in [6.45, 7) is 2.06. The van der Waals surface area contributed by atoms with E-state index >= 15 is 0 Å². The largest absolute Gasteiger partial charge is 2.00 e. The zero-order valence-corrected chi connectivity index (χ0v) is 16.3. The average molecular weight is 395 g/mol. The molecule has 1 aliphatic heterocycles. The molecule has 25 heavy (non-hydrogen) atoms. The maximum atomic E-state index is 13.1. The van der Waals surface area contributed by atoms with Gasteiger partial charge in [-0.2, -0.15) is 0 Å². The van der Waals surface area contributed by atoms with Crippen LogP contribution in [0.4, 0.5) is 0 Å². The van der Waals surface area contributed by atoms with E-state index in [-0.39, 0.29) is 29.2 Å². The number of hydrogen-bond donors (Lipinski definition) is 0. The van der Waals surface area contributed by atoms with Crippen molar-refractivity contribution in [1.82, 2.24) is 4.67 Å². The molecule has 1 saturated heterocycles. The van der Waals surface area contributed by atoms with Gasteiger partial charge in [0.1, 0.15) is 6.10 Å². The molecule has 4 rings (SSSR count). The van der Waals surface area contributed by atoms with Crippen molar-refractivity contribution in [3.8, 4) is 0 Å². The topological polar surface area (TPSA) is 29.5 Å². The average Bonchev–Trinajstić information content (AvgIpc) is 3.37. The Morgan fingerprint density at radius 2 is 1.44 bits per heavy atom. The Morgan fingerprint density at radius 3 is 1.96 bits per heavy atom. The molecule has 10 radical (unpaired) electrons. The van der Waals surface area contributed by atoms with Gasteiger partial charge in [-0.3, -0.25) is 4.57 Å². The second-order valence-corrected chi connectivity index (χ2v) is 8.28. The molecule has 0 amide bonds. The number of hydrogen-bond acceptors (Lipinski definition) is 2. The summed E-state index contributed by atoms with van der Waals surface area (Å²) in [4.78, 5) is 0. The summed E-state index contributed by atoms with van der Waals surface area (Å²) in [6, 6.07) is 10.1. The second kappa shape index (κ2) is 9.72. The predicted octanol–water partition coefficient (Wildman–Crippen LogP) is 4.65. The Bertz CT molecular complexity index is 550. The molecule has 3 fully saturated rings. The van der Waals surface area contributed by atoms with Crippen molar-refractivity contribution < 1.29 is 26.2 Å². The minimum absolute atomic E-state index is 0. The van der Waals surface area contributed by atoms with Crippen LogP contribution in [0.15, 0.2) is 30.3 Å². The van der Waals surface area contributed by atoms with Crippen LogP contribution in [0.5, 0.6) is 0 Å². The first-order chi connectivity index (χ1) is 11.6. The predicted molar refractivity (Wildman–Crippen MR) is 97.0 cm³/mol. The SMILES string of the molecule is C[C@H]1[C@@H](c2ccccc2)O[P@](=O)([C]2[CH][CH][CH][CH]2)N1C.[CH]1[CH][CH][CH][CH]1.[Fe+2]. The van der Waals surface area contributed by atoms with Gasteiger partial charge in [0.2, 0.25) is 0 Å². The fourth-order valence-electron chi connectivity index (χ4n) is 2.85. The van der Waals surface area contributed by atoms with Gasteiger partial charge in [0.05, 0.1) is 5.66 Å². The molecular weight excluding hydrogens is 373 g/mol. The molecule has 0 bridgehead atoms. The Hall–Kier alpha value is -0.111. The summed E-state index contributed by atoms with van der Waals surface area (Å²) in [5, 5.41) is 0. The second-order valence-electron chi connectivity index (χ2n) is 5.88. The number of likely N-dealkylation sites (N-methyl/N-ethyl adjacent to an activating group) is 1. The zero-order valence-electron chi connectivity index (χ0n) is 14.3. The van der Waals surface area contributed by atoms with Crippen LogP contribution in [0, 0.1) is 63.4 Å². The van der Waals surface area contributed by atoms with Crippen molar-refractivity contribution >= 4 is 7.52 Å². The molecule has 3 aliphatic rings. The van der Waals surface area contributed by atoms with Crippen molar-refractivity contribution in [2.45, 2.75) is 19.1 Å². The van der Waals surface area contributed by atoms with Gasteiger partial charge < -0.3 is 4.52 Å². The molecule has 2 saturated carbocycles. The zero-order chi connectivity index (χ0) is 17.0. The third-order valence-electron chi connectivity index (χ3n) is 4.35. The summed E-state index contributed by atoms with van der Waals surface area (Å²) >= 11 is 0. The van der Waals surface area contributed by atoms with Crippen LogP contribution in [-0.2, 0) is 26.2 Å². The number of benzene rings is 1. The Kier molecular flexibility index (Phi) is 8.24. The summed E-state index contributed by atoms with van der Waals surface area (Å²) in [6.07, 6.45) is 17.4.